The number of nitrogens with one attached hydrogen (secondary N) is 3. The quantitative estimate of drug-likeness (QED) is 0.0496. The van der Waals surface area contributed by atoms with Gasteiger partial charge in [-0.2, -0.15) is 0 Å². The molecule has 7 rings (SSSR count). The number of thioether (sulfide) groups is 1. The topological polar surface area (TPSA) is 180 Å². The minimum absolute atomic E-state index is 0.117. The number of methoxy groups -OCH3 is 1. The minimum Gasteiger partial charge on any atom is -0.494 e. The first-order valence-corrected chi connectivity index (χ1v) is 20.7. The zero-order valence-corrected chi connectivity index (χ0v) is 35.2. The van der Waals surface area contributed by atoms with Gasteiger partial charge < -0.3 is 39.4 Å². The number of nitrogens with zero attached hydrogens (tertiary/aromatic N) is 6. The number of hydrogen-bond acceptors (Lipinski definition) is 12. The summed E-state index contributed by atoms with van der Waals surface area (Å²) in [6.07, 6.45) is 5.40. The van der Waals surface area contributed by atoms with Crippen molar-refractivity contribution >= 4 is 75.2 Å². The molecule has 2 aliphatic rings. The molecule has 0 aliphatic carbocycles. The molecule has 0 spiro atoms. The number of piperidine rings is 1. The van der Waals surface area contributed by atoms with Gasteiger partial charge in [0.25, 0.3) is 5.91 Å². The van der Waals surface area contributed by atoms with Crippen molar-refractivity contribution in [2.24, 2.45) is 7.05 Å². The average Bonchev–Trinajstić information content (AvgIpc) is 3.78. The van der Waals surface area contributed by atoms with E-state index in [1.54, 1.807) is 43.5 Å². The molecule has 3 aromatic carbocycles. The Morgan fingerprint density at radius 3 is 2.66 bits per heavy atom. The van der Waals surface area contributed by atoms with Crippen molar-refractivity contribution in [3.8, 4) is 17.0 Å². The van der Waals surface area contributed by atoms with Crippen LogP contribution in [0.15, 0.2) is 90.6 Å². The van der Waals surface area contributed by atoms with E-state index >= 15 is 0 Å². The maximum absolute atomic E-state index is 13.2. The third-order valence-electron chi connectivity index (χ3n) is 10.7. The van der Waals surface area contributed by atoms with E-state index in [1.165, 1.54) is 22.7 Å². The molecule has 1 saturated heterocycles. The van der Waals surface area contributed by atoms with Crippen LogP contribution in [0.25, 0.3) is 22.2 Å². The molecule has 61 heavy (non-hydrogen) atoms. The number of amides is 5. The zero-order chi connectivity index (χ0) is 43.2. The molecular weight excluding hydrogens is 799 g/mol. The van der Waals surface area contributed by atoms with Gasteiger partial charge in [0.15, 0.2) is 0 Å². The second kappa shape index (κ2) is 18.7. The van der Waals surface area contributed by atoms with Crippen LogP contribution in [0.4, 0.5) is 23.0 Å². The number of ether oxygens (including phenoxy) is 2. The predicted molar refractivity (Wildman–Crippen MR) is 234 cm³/mol. The van der Waals surface area contributed by atoms with Crippen molar-refractivity contribution in [1.82, 2.24) is 29.7 Å². The van der Waals surface area contributed by atoms with Crippen LogP contribution in [-0.2, 0) is 37.5 Å². The van der Waals surface area contributed by atoms with Gasteiger partial charge in [0.1, 0.15) is 18.4 Å². The summed E-state index contributed by atoms with van der Waals surface area (Å²) in [5.74, 6) is -0.245. The molecule has 17 heteroatoms. The highest BCUT2D eigenvalue weighted by Crippen LogP contribution is 2.39. The number of carbonyl (C=O) groups excluding carboxylic acids is 5. The summed E-state index contributed by atoms with van der Waals surface area (Å²) in [6.45, 7) is 4.84. The lowest BCUT2D eigenvalue weighted by Crippen LogP contribution is -2.52. The summed E-state index contributed by atoms with van der Waals surface area (Å²) < 4.78 is 13.6. The van der Waals surface area contributed by atoms with E-state index in [-0.39, 0.29) is 37.3 Å². The van der Waals surface area contributed by atoms with Gasteiger partial charge in [-0.15, -0.1) is 11.8 Å². The fraction of sp³-hybridized carbons (Fsp3) is 0.295. The Balaban J connectivity index is 0.936. The van der Waals surface area contributed by atoms with Crippen molar-refractivity contribution in [1.29, 1.82) is 0 Å². The van der Waals surface area contributed by atoms with Crippen LogP contribution in [0.2, 0.25) is 0 Å². The summed E-state index contributed by atoms with van der Waals surface area (Å²) in [6, 6.07) is 18.3. The number of hydrogen-bond donors (Lipinski definition) is 3. The second-order valence-electron chi connectivity index (χ2n) is 14.6. The number of imide groups is 1. The van der Waals surface area contributed by atoms with Crippen molar-refractivity contribution < 1.29 is 33.4 Å². The van der Waals surface area contributed by atoms with Crippen LogP contribution >= 0.6 is 11.8 Å². The molecule has 0 saturated carbocycles. The van der Waals surface area contributed by atoms with Crippen molar-refractivity contribution in [2.75, 3.05) is 68.8 Å². The van der Waals surface area contributed by atoms with E-state index in [2.05, 4.69) is 44.2 Å². The predicted octanol–water partition coefficient (Wildman–Crippen LogP) is 4.98. The van der Waals surface area contributed by atoms with Crippen LogP contribution in [0.3, 0.4) is 0 Å². The Morgan fingerprint density at radius 2 is 1.87 bits per heavy atom. The van der Waals surface area contributed by atoms with Crippen molar-refractivity contribution in [3.63, 3.8) is 0 Å². The minimum atomic E-state index is -0.681. The van der Waals surface area contributed by atoms with Crippen LogP contribution < -0.4 is 25.6 Å². The molecular formula is C44H47N9O7S. The van der Waals surface area contributed by atoms with E-state index in [0.29, 0.717) is 66.2 Å². The molecule has 16 nitrogen and oxygen atoms in total. The first-order chi connectivity index (χ1) is 29.4. The summed E-state index contributed by atoms with van der Waals surface area (Å²) in [4.78, 5) is 78.1. The third-order valence-corrected chi connectivity index (χ3v) is 11.8. The normalized spacial score (nSPS) is 14.7. The fourth-order valence-corrected chi connectivity index (χ4v) is 8.33. The number of benzene rings is 3. The van der Waals surface area contributed by atoms with E-state index in [1.807, 2.05) is 55.5 Å². The molecule has 5 aromatic rings. The lowest BCUT2D eigenvalue weighted by atomic mass is 10.0. The molecule has 4 heterocycles. The Labute approximate surface area is 357 Å². The lowest BCUT2D eigenvalue weighted by molar-refractivity contribution is -0.137. The monoisotopic (exact) mass is 845 g/mol. The number of anilines is 4. The van der Waals surface area contributed by atoms with Crippen LogP contribution in [0, 0.1) is 0 Å². The van der Waals surface area contributed by atoms with Gasteiger partial charge in [0.2, 0.25) is 29.6 Å². The zero-order valence-electron chi connectivity index (χ0n) is 34.4. The number of aromatic nitrogens is 3. The number of fused-ring (bicyclic) bond motifs is 2. The number of likely N-dealkylation sites (N-methyl/N-ethyl adjacent to an activating group) is 2. The number of aryl methyl sites for hydroxylation is 1. The van der Waals surface area contributed by atoms with Gasteiger partial charge >= 0.3 is 0 Å². The standard InChI is InChI=1S/C44H47N9O7S/c1-6-39(54)46-32-22-33(48-44-45-17-16-31(47-44)29-24-52(4)34-12-8-7-10-27(29)34)37(59-5)23-36(32)50(2)18-19-51(3)41(56)26-60-20-21-61-38-13-9-11-28-30(38)25-53(43(28)58)35-14-15-40(55)49-42(35)57/h6-13,16-17,22-24,35H,1,14-15,18-21,25-26H2,2-5H3,(H,46,54)(H,45,47,48)(H,49,55,57). The molecule has 1 unspecified atom stereocenters. The number of carbonyl (C=O) groups is 5. The Bertz CT molecular complexity index is 2520. The molecule has 2 aliphatic heterocycles. The first kappa shape index (κ1) is 42.4. The molecule has 3 N–H and O–H groups in total. The fourth-order valence-electron chi connectivity index (χ4n) is 7.39. The molecule has 0 radical (unpaired) electrons. The molecule has 316 valence electrons. The first-order valence-electron chi connectivity index (χ1n) is 19.7. The molecule has 1 fully saturated rings. The maximum Gasteiger partial charge on any atom is 0.255 e. The van der Waals surface area contributed by atoms with Gasteiger partial charge in [0, 0.05) is 98.3 Å². The van der Waals surface area contributed by atoms with Gasteiger partial charge in [-0.3, -0.25) is 29.3 Å². The Hall–Kier alpha value is -6.72. The summed E-state index contributed by atoms with van der Waals surface area (Å²) in [7, 11) is 7.10. The number of rotatable bonds is 17. The molecule has 2 aromatic heterocycles. The maximum atomic E-state index is 13.2. The van der Waals surface area contributed by atoms with Gasteiger partial charge in [-0.1, -0.05) is 30.8 Å². The van der Waals surface area contributed by atoms with E-state index in [0.717, 1.165) is 32.6 Å². The SMILES string of the molecule is C=CC(=O)Nc1cc(Nc2nccc(-c3cn(C)c4ccccc34)n2)c(OC)cc1N(C)CCN(C)C(=O)COCCSc1cccc2c1CN(C1CCC(=O)NC1=O)C2=O. The highest BCUT2D eigenvalue weighted by Gasteiger charge is 2.39. The molecule has 1 atom stereocenters. The second-order valence-corrected chi connectivity index (χ2v) is 15.8. The summed E-state index contributed by atoms with van der Waals surface area (Å²) in [5.41, 5.74) is 5.83. The Kier molecular flexibility index (Phi) is 13.0. The van der Waals surface area contributed by atoms with Gasteiger partial charge in [-0.05, 0) is 48.4 Å². The highest BCUT2D eigenvalue weighted by atomic mass is 32.2. The van der Waals surface area contributed by atoms with E-state index in [9.17, 15) is 24.0 Å². The largest absolute Gasteiger partial charge is 0.494 e. The summed E-state index contributed by atoms with van der Waals surface area (Å²) in [5, 5.41) is 9.55. The summed E-state index contributed by atoms with van der Waals surface area (Å²) >= 11 is 1.51. The smallest absolute Gasteiger partial charge is 0.255 e. The van der Waals surface area contributed by atoms with E-state index in [4.69, 9.17) is 14.5 Å². The highest BCUT2D eigenvalue weighted by molar-refractivity contribution is 7.99. The lowest BCUT2D eigenvalue weighted by Gasteiger charge is -2.29. The van der Waals surface area contributed by atoms with Crippen LogP contribution in [0.5, 0.6) is 5.75 Å². The van der Waals surface area contributed by atoms with Gasteiger partial charge in [0.05, 0.1) is 36.5 Å². The third kappa shape index (κ3) is 9.37. The van der Waals surface area contributed by atoms with E-state index < -0.39 is 17.9 Å². The van der Waals surface area contributed by atoms with Crippen LogP contribution in [-0.4, -0.2) is 113 Å². The van der Waals surface area contributed by atoms with Crippen LogP contribution in [0.1, 0.15) is 28.8 Å². The van der Waals surface area contributed by atoms with Gasteiger partial charge in [-0.25, -0.2) is 9.97 Å². The Morgan fingerprint density at radius 1 is 1.05 bits per heavy atom. The van der Waals surface area contributed by atoms with Crippen molar-refractivity contribution in [3.05, 3.63) is 96.8 Å². The molecule has 0 bridgehead atoms. The average molecular weight is 846 g/mol. The van der Waals surface area contributed by atoms with Crippen molar-refractivity contribution in [2.45, 2.75) is 30.3 Å². The molecule has 5 amide bonds. The number of para-hydroxylation sites is 1.